The zero-order valence-electron chi connectivity index (χ0n) is 24.5. The van der Waals surface area contributed by atoms with Crippen molar-refractivity contribution in [2.75, 3.05) is 34.5 Å². The molecule has 1 fully saturated rings. The van der Waals surface area contributed by atoms with Gasteiger partial charge < -0.3 is 23.8 Å². The number of carbonyl (C=O) groups is 1. The van der Waals surface area contributed by atoms with E-state index in [1.807, 2.05) is 83.9 Å². The zero-order chi connectivity index (χ0) is 29.8. The lowest BCUT2D eigenvalue weighted by Crippen LogP contribution is -2.37. The number of pyridine rings is 1. The second-order valence-corrected chi connectivity index (χ2v) is 10.4. The average molecular weight is 579 g/mol. The fourth-order valence-electron chi connectivity index (χ4n) is 5.61. The molecule has 1 atom stereocenters. The zero-order valence-corrected chi connectivity index (χ0v) is 24.5. The van der Waals surface area contributed by atoms with E-state index in [-0.39, 0.29) is 12.0 Å². The van der Waals surface area contributed by atoms with Gasteiger partial charge in [0.05, 0.1) is 38.8 Å². The van der Waals surface area contributed by atoms with Crippen molar-refractivity contribution in [1.82, 2.24) is 19.7 Å². The van der Waals surface area contributed by atoms with Crippen LogP contribution in [0.15, 0.2) is 85.2 Å². The number of para-hydroxylation sites is 1. The molecule has 1 unspecified atom stereocenters. The van der Waals surface area contributed by atoms with Crippen LogP contribution in [-0.2, 0) is 11.3 Å². The third kappa shape index (κ3) is 5.76. The highest BCUT2D eigenvalue weighted by Crippen LogP contribution is 2.39. The molecule has 0 bridgehead atoms. The predicted octanol–water partition coefficient (Wildman–Crippen LogP) is 5.93. The van der Waals surface area contributed by atoms with E-state index >= 15 is 0 Å². The molecule has 1 saturated heterocycles. The van der Waals surface area contributed by atoms with Crippen molar-refractivity contribution in [3.63, 3.8) is 0 Å². The fourth-order valence-corrected chi connectivity index (χ4v) is 5.61. The van der Waals surface area contributed by atoms with Crippen LogP contribution in [0, 0.1) is 0 Å². The smallest absolute Gasteiger partial charge is 0.254 e. The van der Waals surface area contributed by atoms with Crippen LogP contribution in [-0.4, -0.2) is 66.2 Å². The van der Waals surface area contributed by atoms with Crippen molar-refractivity contribution in [2.45, 2.75) is 25.5 Å². The molecule has 3 heterocycles. The Morgan fingerprint density at radius 2 is 1.72 bits per heavy atom. The maximum absolute atomic E-state index is 14.2. The highest BCUT2D eigenvalue weighted by atomic mass is 16.5. The van der Waals surface area contributed by atoms with Gasteiger partial charge in [0, 0.05) is 48.6 Å². The summed E-state index contributed by atoms with van der Waals surface area (Å²) in [6.45, 7) is 1.46. The summed E-state index contributed by atoms with van der Waals surface area (Å²) in [4.78, 5) is 21.1. The summed E-state index contributed by atoms with van der Waals surface area (Å²) >= 11 is 0. The summed E-state index contributed by atoms with van der Waals surface area (Å²) in [5.41, 5.74) is 4.50. The summed E-state index contributed by atoms with van der Waals surface area (Å²) in [6.07, 6.45) is 5.44. The quantitative estimate of drug-likeness (QED) is 0.203. The summed E-state index contributed by atoms with van der Waals surface area (Å²) in [7, 11) is 4.90. The van der Waals surface area contributed by atoms with Gasteiger partial charge in [0.1, 0.15) is 22.8 Å². The molecule has 43 heavy (non-hydrogen) atoms. The first kappa shape index (κ1) is 28.2. The molecule has 0 spiro atoms. The standard InChI is InChI=1S/C34H34N4O5/c1-40-29-10-5-4-9-27(29)32-24(20-28-30(41-2)15-16-31(42-3)33(28)36-32)21-37(22-26-8-6-19-43-26)34(39)23-11-13-25(14-12-23)38-18-7-17-35-38/h4-5,7,9-18,20,26H,6,8,19,21-22H2,1-3H3. The van der Waals surface area contributed by atoms with Crippen LogP contribution in [0.3, 0.4) is 0 Å². The van der Waals surface area contributed by atoms with Crippen LogP contribution < -0.4 is 14.2 Å². The lowest BCUT2D eigenvalue weighted by molar-refractivity contribution is 0.0507. The normalized spacial score (nSPS) is 14.5. The SMILES string of the molecule is COc1ccccc1-c1nc2c(OC)ccc(OC)c2cc1CN(CC1CCCO1)C(=O)c1ccc(-n2cccn2)cc1. The molecule has 220 valence electrons. The topological polar surface area (TPSA) is 87.9 Å². The molecule has 5 aromatic rings. The minimum absolute atomic E-state index is 0.0370. The van der Waals surface area contributed by atoms with Gasteiger partial charge >= 0.3 is 0 Å². The van der Waals surface area contributed by atoms with Crippen LogP contribution in [0.1, 0.15) is 28.8 Å². The number of ether oxygens (including phenoxy) is 4. The number of rotatable bonds is 10. The van der Waals surface area contributed by atoms with E-state index in [0.717, 1.165) is 35.0 Å². The molecule has 1 aliphatic heterocycles. The highest BCUT2D eigenvalue weighted by Gasteiger charge is 2.26. The van der Waals surface area contributed by atoms with Gasteiger partial charge in [-0.05, 0) is 79.1 Å². The number of hydrogen-bond donors (Lipinski definition) is 0. The van der Waals surface area contributed by atoms with E-state index in [9.17, 15) is 4.79 Å². The van der Waals surface area contributed by atoms with Gasteiger partial charge in [0.2, 0.25) is 0 Å². The molecule has 2 aromatic heterocycles. The Kier molecular flexibility index (Phi) is 8.24. The molecule has 1 aliphatic rings. The van der Waals surface area contributed by atoms with Gasteiger partial charge in [-0.2, -0.15) is 5.10 Å². The lowest BCUT2D eigenvalue weighted by atomic mass is 10.0. The summed E-state index contributed by atoms with van der Waals surface area (Å²) < 4.78 is 24.9. The Hall–Kier alpha value is -4.89. The molecule has 9 heteroatoms. The van der Waals surface area contributed by atoms with Gasteiger partial charge in [0.15, 0.2) is 0 Å². The summed E-state index contributed by atoms with van der Waals surface area (Å²) in [5.74, 6) is 1.89. The number of aromatic nitrogens is 3. The van der Waals surface area contributed by atoms with E-state index in [2.05, 4.69) is 5.10 Å². The van der Waals surface area contributed by atoms with Gasteiger partial charge in [0.25, 0.3) is 5.91 Å². The van der Waals surface area contributed by atoms with E-state index in [0.29, 0.717) is 53.7 Å². The van der Waals surface area contributed by atoms with Crippen molar-refractivity contribution in [3.05, 3.63) is 96.3 Å². The van der Waals surface area contributed by atoms with Gasteiger partial charge in [-0.3, -0.25) is 4.79 Å². The van der Waals surface area contributed by atoms with Crippen molar-refractivity contribution < 1.29 is 23.7 Å². The molecule has 0 saturated carbocycles. The highest BCUT2D eigenvalue weighted by molar-refractivity contribution is 5.96. The molecular formula is C34H34N4O5. The van der Waals surface area contributed by atoms with Gasteiger partial charge in [-0.15, -0.1) is 0 Å². The molecule has 9 nitrogen and oxygen atoms in total. The number of benzene rings is 3. The van der Waals surface area contributed by atoms with Crippen molar-refractivity contribution in [2.24, 2.45) is 0 Å². The molecule has 3 aromatic carbocycles. The first-order chi connectivity index (χ1) is 21.1. The number of hydrogen-bond acceptors (Lipinski definition) is 7. The van der Waals surface area contributed by atoms with Crippen LogP contribution in [0.4, 0.5) is 0 Å². The first-order valence-corrected chi connectivity index (χ1v) is 14.3. The number of fused-ring (bicyclic) bond motifs is 1. The Bertz CT molecular complexity index is 1710. The Morgan fingerprint density at radius 3 is 2.42 bits per heavy atom. The van der Waals surface area contributed by atoms with Crippen molar-refractivity contribution in [1.29, 1.82) is 0 Å². The van der Waals surface area contributed by atoms with Crippen LogP contribution in [0.2, 0.25) is 0 Å². The Morgan fingerprint density at radius 1 is 0.953 bits per heavy atom. The van der Waals surface area contributed by atoms with E-state index in [4.69, 9.17) is 23.9 Å². The third-order valence-corrected chi connectivity index (χ3v) is 7.77. The maximum atomic E-state index is 14.2. The monoisotopic (exact) mass is 578 g/mol. The van der Waals surface area contributed by atoms with Crippen molar-refractivity contribution in [3.8, 4) is 34.2 Å². The number of methoxy groups -OCH3 is 3. The Balaban J connectivity index is 1.46. The molecule has 0 aliphatic carbocycles. The summed E-state index contributed by atoms with van der Waals surface area (Å²) in [6, 6.07) is 22.9. The Labute approximate surface area is 250 Å². The third-order valence-electron chi connectivity index (χ3n) is 7.77. The molecule has 0 radical (unpaired) electrons. The minimum Gasteiger partial charge on any atom is -0.496 e. The second kappa shape index (κ2) is 12.5. The van der Waals surface area contributed by atoms with Gasteiger partial charge in [-0.1, -0.05) is 12.1 Å². The maximum Gasteiger partial charge on any atom is 0.254 e. The second-order valence-electron chi connectivity index (χ2n) is 10.4. The minimum atomic E-state index is -0.0915. The number of nitrogens with zero attached hydrogens (tertiary/aromatic N) is 4. The van der Waals surface area contributed by atoms with Gasteiger partial charge in [-0.25, -0.2) is 9.67 Å². The van der Waals surface area contributed by atoms with Crippen LogP contribution >= 0.6 is 0 Å². The average Bonchev–Trinajstić information content (AvgIpc) is 3.79. The summed E-state index contributed by atoms with van der Waals surface area (Å²) in [5, 5.41) is 5.09. The molecule has 1 amide bonds. The molecule has 0 N–H and O–H groups in total. The lowest BCUT2D eigenvalue weighted by Gasteiger charge is -2.27. The van der Waals surface area contributed by atoms with Crippen LogP contribution in [0.25, 0.3) is 27.8 Å². The number of carbonyl (C=O) groups excluding carboxylic acids is 1. The van der Waals surface area contributed by atoms with Crippen LogP contribution in [0.5, 0.6) is 17.2 Å². The van der Waals surface area contributed by atoms with E-state index < -0.39 is 0 Å². The largest absolute Gasteiger partial charge is 0.496 e. The molecular weight excluding hydrogens is 544 g/mol. The molecule has 6 rings (SSSR count). The van der Waals surface area contributed by atoms with Crippen molar-refractivity contribution >= 4 is 16.8 Å². The van der Waals surface area contributed by atoms with E-state index in [1.165, 1.54) is 0 Å². The predicted molar refractivity (Wildman–Crippen MR) is 164 cm³/mol. The number of amides is 1. The first-order valence-electron chi connectivity index (χ1n) is 14.3. The van der Waals surface area contributed by atoms with E-state index in [1.54, 1.807) is 32.2 Å². The fraction of sp³-hybridized carbons (Fsp3) is 0.265.